The van der Waals surface area contributed by atoms with Crippen molar-refractivity contribution in [3.05, 3.63) is 82.9 Å². The summed E-state index contributed by atoms with van der Waals surface area (Å²) < 4.78 is 32.4. The average Bonchev–Trinajstić information content (AvgIpc) is 3.80. The van der Waals surface area contributed by atoms with Crippen LogP contribution < -0.4 is 20.4 Å². The zero-order valence-corrected chi connectivity index (χ0v) is 32.8. The number of aromatic nitrogens is 4. The molecular formula is C39H48Cl4F2N8. The van der Waals surface area contributed by atoms with Crippen molar-refractivity contribution in [3.8, 4) is 0 Å². The Morgan fingerprint density at radius 2 is 1.11 bits per heavy atom. The molecule has 5 fully saturated rings. The minimum absolute atomic E-state index is 0. The molecule has 0 amide bonds. The van der Waals surface area contributed by atoms with E-state index in [-0.39, 0.29) is 79.5 Å². The smallest absolute Gasteiger partial charge is 0.151 e. The van der Waals surface area contributed by atoms with E-state index in [1.54, 1.807) is 12.1 Å². The SMILES string of the molecule is Cl.Cl.Cl.Cl.Fc1cc(N2[C@@H](c3ccc4nc([C@@H]5CCCN5)[nH]c4c3)CC[C@@H]2c2ccc3nc([C@@H]4CCCN4)[nH]c3c2)cc(F)c1N1CCC2(CC1)CC2. The number of nitrogens with one attached hydrogen (secondary N) is 4. The van der Waals surface area contributed by atoms with Gasteiger partial charge in [0.1, 0.15) is 17.3 Å². The minimum atomic E-state index is -0.471. The third-order valence-corrected chi connectivity index (χ3v) is 12.4. The Morgan fingerprint density at radius 1 is 0.623 bits per heavy atom. The quantitative estimate of drug-likeness (QED) is 0.137. The van der Waals surface area contributed by atoms with E-state index in [0.29, 0.717) is 24.2 Å². The first kappa shape index (κ1) is 39.8. The molecule has 1 aliphatic carbocycles. The van der Waals surface area contributed by atoms with Gasteiger partial charge >= 0.3 is 0 Å². The molecule has 1 saturated carbocycles. The van der Waals surface area contributed by atoms with Crippen molar-refractivity contribution in [3.63, 3.8) is 0 Å². The van der Waals surface area contributed by atoms with Crippen LogP contribution in [-0.4, -0.2) is 46.1 Å². The van der Waals surface area contributed by atoms with E-state index in [9.17, 15) is 0 Å². The van der Waals surface area contributed by atoms with Crippen LogP contribution in [0.5, 0.6) is 0 Å². The average molecular weight is 809 g/mol. The van der Waals surface area contributed by atoms with Crippen LogP contribution in [0.4, 0.5) is 20.2 Å². The highest BCUT2D eigenvalue weighted by Gasteiger charge is 2.45. The summed E-state index contributed by atoms with van der Waals surface area (Å²) in [5.41, 5.74) is 7.30. The summed E-state index contributed by atoms with van der Waals surface area (Å²) >= 11 is 0. The van der Waals surface area contributed by atoms with E-state index in [1.165, 1.54) is 12.8 Å². The number of piperidine rings is 1. The van der Waals surface area contributed by atoms with Crippen molar-refractivity contribution in [1.82, 2.24) is 30.6 Å². The zero-order chi connectivity index (χ0) is 32.7. The van der Waals surface area contributed by atoms with Crippen LogP contribution in [-0.2, 0) is 0 Å². The van der Waals surface area contributed by atoms with E-state index < -0.39 is 11.6 Å². The molecule has 286 valence electrons. The molecule has 3 aromatic carbocycles. The Labute approximate surface area is 333 Å². The summed E-state index contributed by atoms with van der Waals surface area (Å²) in [6.07, 6.45) is 10.7. The second kappa shape index (κ2) is 15.7. The lowest BCUT2D eigenvalue weighted by atomic mass is 9.93. The fourth-order valence-corrected chi connectivity index (χ4v) is 9.38. The molecule has 53 heavy (non-hydrogen) atoms. The first-order valence-corrected chi connectivity index (χ1v) is 18.5. The molecule has 1 spiro atoms. The van der Waals surface area contributed by atoms with Gasteiger partial charge in [-0.05, 0) is 130 Å². The van der Waals surface area contributed by atoms with Gasteiger partial charge in [0.15, 0.2) is 11.6 Å². The Balaban J connectivity index is 0.00000120. The maximum Gasteiger partial charge on any atom is 0.151 e. The van der Waals surface area contributed by atoms with Gasteiger partial charge < -0.3 is 30.4 Å². The summed E-state index contributed by atoms with van der Waals surface area (Å²) in [4.78, 5) is 21.2. The van der Waals surface area contributed by atoms with E-state index >= 15 is 8.78 Å². The Morgan fingerprint density at radius 3 is 1.55 bits per heavy atom. The molecule has 4 saturated heterocycles. The molecule has 6 heterocycles. The summed E-state index contributed by atoms with van der Waals surface area (Å²) in [5.74, 6) is 1.02. The van der Waals surface area contributed by atoms with Gasteiger partial charge in [0, 0.05) is 18.8 Å². The molecule has 0 radical (unpaired) electrons. The fourth-order valence-electron chi connectivity index (χ4n) is 9.38. The largest absolute Gasteiger partial charge is 0.367 e. The summed E-state index contributed by atoms with van der Waals surface area (Å²) in [7, 11) is 0. The normalized spacial score (nSPS) is 24.6. The number of fused-ring (bicyclic) bond motifs is 2. The van der Waals surface area contributed by atoms with Gasteiger partial charge in [0.2, 0.25) is 0 Å². The third kappa shape index (κ3) is 7.20. The number of halogens is 6. The Hall–Kier alpha value is -2.86. The van der Waals surface area contributed by atoms with Crippen molar-refractivity contribution in [2.45, 2.75) is 88.4 Å². The summed E-state index contributed by atoms with van der Waals surface area (Å²) in [5, 5.41) is 7.09. The number of H-pyrrole nitrogens is 2. The molecule has 0 bridgehead atoms. The second-order valence-electron chi connectivity index (χ2n) is 15.4. The Kier molecular flexibility index (Phi) is 11.8. The van der Waals surface area contributed by atoms with Crippen LogP contribution in [0.25, 0.3) is 22.1 Å². The molecule has 4 aliphatic heterocycles. The topological polar surface area (TPSA) is 87.9 Å². The number of rotatable bonds is 6. The number of nitrogens with zero attached hydrogens (tertiary/aromatic N) is 4. The number of aromatic amines is 2. The molecule has 5 aromatic rings. The molecule has 2 aromatic heterocycles. The number of benzene rings is 3. The predicted molar refractivity (Wildman–Crippen MR) is 218 cm³/mol. The van der Waals surface area contributed by atoms with Crippen molar-refractivity contribution in [2.75, 3.05) is 36.0 Å². The van der Waals surface area contributed by atoms with Gasteiger partial charge in [-0.3, -0.25) is 0 Å². The first-order chi connectivity index (χ1) is 24.0. The molecule has 14 heteroatoms. The van der Waals surface area contributed by atoms with Gasteiger partial charge in [-0.25, -0.2) is 18.7 Å². The highest BCUT2D eigenvalue weighted by molar-refractivity contribution is 5.86. The van der Waals surface area contributed by atoms with E-state index in [4.69, 9.17) is 9.97 Å². The zero-order valence-electron chi connectivity index (χ0n) is 29.5. The Bertz CT molecular complexity index is 1920. The van der Waals surface area contributed by atoms with Gasteiger partial charge in [0.25, 0.3) is 0 Å². The van der Waals surface area contributed by atoms with Gasteiger partial charge in [-0.1, -0.05) is 12.1 Å². The highest BCUT2D eigenvalue weighted by atomic mass is 35.5. The lowest BCUT2D eigenvalue weighted by Gasteiger charge is -2.36. The number of hydrogen-bond acceptors (Lipinski definition) is 6. The van der Waals surface area contributed by atoms with E-state index in [0.717, 1.165) is 109 Å². The third-order valence-electron chi connectivity index (χ3n) is 12.4. The van der Waals surface area contributed by atoms with Gasteiger partial charge in [-0.15, -0.1) is 49.6 Å². The van der Waals surface area contributed by atoms with Gasteiger partial charge in [0.05, 0.1) is 46.2 Å². The molecule has 4 atom stereocenters. The summed E-state index contributed by atoms with van der Waals surface area (Å²) in [6, 6.07) is 16.4. The molecular weight excluding hydrogens is 760 g/mol. The lowest BCUT2D eigenvalue weighted by Crippen LogP contribution is -2.35. The number of hydrogen-bond donors (Lipinski definition) is 4. The van der Waals surface area contributed by atoms with Crippen LogP contribution in [0.3, 0.4) is 0 Å². The van der Waals surface area contributed by atoms with E-state index in [2.05, 4.69) is 61.9 Å². The first-order valence-electron chi connectivity index (χ1n) is 18.5. The van der Waals surface area contributed by atoms with Crippen LogP contribution in [0, 0.1) is 17.0 Å². The van der Waals surface area contributed by atoms with Crippen LogP contribution >= 0.6 is 49.6 Å². The minimum Gasteiger partial charge on any atom is -0.367 e. The summed E-state index contributed by atoms with van der Waals surface area (Å²) in [6.45, 7) is 3.46. The highest BCUT2D eigenvalue weighted by Crippen LogP contribution is 2.54. The maximum absolute atomic E-state index is 16.2. The molecule has 10 rings (SSSR count). The molecule has 4 N–H and O–H groups in total. The standard InChI is InChI=1S/C39H44F2N8.4ClH/c40-26-21-25(22-27(41)36(26)48-17-13-39(11-12-39)14-18-48)49-34(23-5-7-28-32(19-23)46-37(44-28)30-3-1-15-42-30)9-10-35(49)24-6-8-29-33(20-24)47-38(45-29)31-4-2-16-43-31;;;;/h5-8,19-22,30-31,34-35,42-43H,1-4,9-18H2,(H,44,46)(H,45,47);4*1H/t30-,31-,34+,35+;;;;/m0..../s1. The van der Waals surface area contributed by atoms with Crippen molar-refractivity contribution in [2.24, 2.45) is 5.41 Å². The second-order valence-corrected chi connectivity index (χ2v) is 15.4. The molecule has 5 aliphatic rings. The maximum atomic E-state index is 16.2. The van der Waals surface area contributed by atoms with E-state index in [1.807, 2.05) is 4.90 Å². The molecule has 0 unspecified atom stereocenters. The monoisotopic (exact) mass is 806 g/mol. The molecule has 8 nitrogen and oxygen atoms in total. The van der Waals surface area contributed by atoms with Crippen LogP contribution in [0.1, 0.15) is 111 Å². The van der Waals surface area contributed by atoms with Crippen molar-refractivity contribution < 1.29 is 8.78 Å². The van der Waals surface area contributed by atoms with Crippen LogP contribution in [0.2, 0.25) is 0 Å². The predicted octanol–water partition coefficient (Wildman–Crippen LogP) is 9.72. The van der Waals surface area contributed by atoms with Crippen LogP contribution in [0.15, 0.2) is 48.5 Å². The fraction of sp³-hybridized carbons (Fsp3) is 0.487. The lowest BCUT2D eigenvalue weighted by molar-refractivity contribution is 0.379. The number of anilines is 2. The van der Waals surface area contributed by atoms with Gasteiger partial charge in [-0.2, -0.15) is 0 Å². The number of imidazole rings is 2. The van der Waals surface area contributed by atoms with Crippen molar-refractivity contribution >= 4 is 83.1 Å². The van der Waals surface area contributed by atoms with Crippen molar-refractivity contribution in [1.29, 1.82) is 0 Å².